The van der Waals surface area contributed by atoms with Crippen molar-refractivity contribution in [1.29, 1.82) is 0 Å². The van der Waals surface area contributed by atoms with E-state index in [1.54, 1.807) is 16.9 Å². The Balaban J connectivity index is 1.56. The predicted octanol–water partition coefficient (Wildman–Crippen LogP) is 2.95. The highest BCUT2D eigenvalue weighted by molar-refractivity contribution is 5.89. The lowest BCUT2D eigenvalue weighted by molar-refractivity contribution is -0.131. The van der Waals surface area contributed by atoms with E-state index in [2.05, 4.69) is 10.1 Å². The molecule has 124 valence electrons. The zero-order chi connectivity index (χ0) is 16.7. The van der Waals surface area contributed by atoms with Crippen molar-refractivity contribution in [3.8, 4) is 0 Å². The maximum atomic E-state index is 13.3. The summed E-state index contributed by atoms with van der Waals surface area (Å²) in [5.41, 5.74) is 2.72. The lowest BCUT2D eigenvalue weighted by Crippen LogP contribution is -2.31. The smallest absolute Gasteiger partial charge is 0.227 e. The number of aromatic nitrogens is 3. The van der Waals surface area contributed by atoms with Crippen molar-refractivity contribution in [2.75, 3.05) is 6.54 Å². The summed E-state index contributed by atoms with van der Waals surface area (Å²) in [6.07, 6.45) is 7.91. The number of carbonyl (C=O) groups excluding carboxylic acids is 1. The summed E-state index contributed by atoms with van der Waals surface area (Å²) in [6, 6.07) is 4.72. The second kappa shape index (κ2) is 5.78. The van der Waals surface area contributed by atoms with Gasteiger partial charge in [0.1, 0.15) is 5.82 Å². The minimum Gasteiger partial charge on any atom is -0.361 e. The standard InChI is InChI=1S/C18H19FN4O/c1-22-11-13(10-21-22)17-3-2-6-23(17)18(24)7-12-9-20-16-8-14(19)4-5-15(12)16/h4-5,8-11,17,20H,2-3,6-7H2,1H3/t17-/m0/s1. The van der Waals surface area contributed by atoms with E-state index >= 15 is 0 Å². The summed E-state index contributed by atoms with van der Waals surface area (Å²) in [7, 11) is 1.88. The summed E-state index contributed by atoms with van der Waals surface area (Å²) in [5, 5.41) is 5.12. The first-order valence-corrected chi connectivity index (χ1v) is 8.15. The van der Waals surface area contributed by atoms with Gasteiger partial charge < -0.3 is 9.88 Å². The number of hydrogen-bond acceptors (Lipinski definition) is 2. The van der Waals surface area contributed by atoms with Gasteiger partial charge in [-0.25, -0.2) is 4.39 Å². The van der Waals surface area contributed by atoms with Gasteiger partial charge in [-0.1, -0.05) is 0 Å². The highest BCUT2D eigenvalue weighted by Gasteiger charge is 2.30. The molecule has 5 nitrogen and oxygen atoms in total. The van der Waals surface area contributed by atoms with Gasteiger partial charge in [0.2, 0.25) is 5.91 Å². The molecule has 2 aromatic heterocycles. The highest BCUT2D eigenvalue weighted by atomic mass is 19.1. The first-order chi connectivity index (χ1) is 11.6. The third-order valence-corrected chi connectivity index (χ3v) is 4.75. The number of carbonyl (C=O) groups is 1. The van der Waals surface area contributed by atoms with Crippen molar-refractivity contribution in [2.24, 2.45) is 7.05 Å². The molecular weight excluding hydrogens is 307 g/mol. The minimum atomic E-state index is -0.279. The van der Waals surface area contributed by atoms with Crippen LogP contribution in [0.5, 0.6) is 0 Å². The van der Waals surface area contributed by atoms with Gasteiger partial charge in [-0.3, -0.25) is 9.48 Å². The number of H-pyrrole nitrogens is 1. The molecule has 1 aromatic carbocycles. The number of likely N-dealkylation sites (tertiary alicyclic amines) is 1. The van der Waals surface area contributed by atoms with Crippen molar-refractivity contribution in [1.82, 2.24) is 19.7 Å². The Morgan fingerprint density at radius 3 is 3.12 bits per heavy atom. The Kier molecular flexibility index (Phi) is 3.59. The molecule has 0 aliphatic carbocycles. The fourth-order valence-corrected chi connectivity index (χ4v) is 3.59. The molecule has 1 saturated heterocycles. The number of hydrogen-bond donors (Lipinski definition) is 1. The highest BCUT2D eigenvalue weighted by Crippen LogP contribution is 2.32. The number of aromatic amines is 1. The van der Waals surface area contributed by atoms with E-state index < -0.39 is 0 Å². The van der Waals surface area contributed by atoms with Crippen molar-refractivity contribution in [3.05, 3.63) is 53.7 Å². The number of nitrogens with zero attached hydrogens (tertiary/aromatic N) is 3. The molecule has 0 radical (unpaired) electrons. The average molecular weight is 326 g/mol. The topological polar surface area (TPSA) is 53.9 Å². The summed E-state index contributed by atoms with van der Waals surface area (Å²) >= 11 is 0. The maximum Gasteiger partial charge on any atom is 0.227 e. The fraction of sp³-hybridized carbons (Fsp3) is 0.333. The van der Waals surface area contributed by atoms with Crippen LogP contribution in [0.3, 0.4) is 0 Å². The summed E-state index contributed by atoms with van der Waals surface area (Å²) in [5.74, 6) is -0.176. The minimum absolute atomic E-state index is 0.103. The summed E-state index contributed by atoms with van der Waals surface area (Å²) in [6.45, 7) is 0.773. The Morgan fingerprint density at radius 1 is 1.46 bits per heavy atom. The molecule has 0 bridgehead atoms. The Morgan fingerprint density at radius 2 is 2.33 bits per heavy atom. The molecule has 1 atom stereocenters. The second-order valence-corrected chi connectivity index (χ2v) is 6.37. The Labute approximate surface area is 139 Å². The summed E-state index contributed by atoms with van der Waals surface area (Å²) < 4.78 is 15.1. The van der Waals surface area contributed by atoms with Crippen LogP contribution >= 0.6 is 0 Å². The van der Waals surface area contributed by atoms with Crippen LogP contribution in [0.25, 0.3) is 10.9 Å². The quantitative estimate of drug-likeness (QED) is 0.804. The van der Waals surface area contributed by atoms with E-state index in [-0.39, 0.29) is 17.8 Å². The predicted molar refractivity (Wildman–Crippen MR) is 88.9 cm³/mol. The van der Waals surface area contributed by atoms with E-state index in [1.807, 2.05) is 24.3 Å². The van der Waals surface area contributed by atoms with Gasteiger partial charge in [-0.2, -0.15) is 5.10 Å². The number of fused-ring (bicyclic) bond motifs is 1. The van der Waals surface area contributed by atoms with Gasteiger partial charge in [-0.15, -0.1) is 0 Å². The molecule has 3 aromatic rings. The maximum absolute atomic E-state index is 13.3. The van der Waals surface area contributed by atoms with E-state index in [0.717, 1.165) is 41.4 Å². The van der Waals surface area contributed by atoms with Gasteiger partial charge in [0, 0.05) is 42.5 Å². The molecule has 4 rings (SSSR count). The lowest BCUT2D eigenvalue weighted by atomic mass is 10.1. The van der Waals surface area contributed by atoms with Gasteiger partial charge in [0.05, 0.1) is 18.7 Å². The van der Waals surface area contributed by atoms with E-state index in [4.69, 9.17) is 0 Å². The molecular formula is C18H19FN4O. The van der Waals surface area contributed by atoms with E-state index in [9.17, 15) is 9.18 Å². The van der Waals surface area contributed by atoms with Crippen molar-refractivity contribution in [3.63, 3.8) is 0 Å². The lowest BCUT2D eigenvalue weighted by Gasteiger charge is -2.24. The molecule has 1 amide bonds. The van der Waals surface area contributed by atoms with Gasteiger partial charge in [0.15, 0.2) is 0 Å². The number of aryl methyl sites for hydroxylation is 1. The summed E-state index contributed by atoms with van der Waals surface area (Å²) in [4.78, 5) is 17.8. The number of halogens is 1. The van der Waals surface area contributed by atoms with Crippen LogP contribution in [0.15, 0.2) is 36.8 Å². The first kappa shape index (κ1) is 14.9. The molecule has 0 unspecified atom stereocenters. The third kappa shape index (κ3) is 2.58. The number of rotatable bonds is 3. The number of nitrogens with one attached hydrogen (secondary N) is 1. The zero-order valence-corrected chi connectivity index (χ0v) is 13.5. The molecule has 1 aliphatic rings. The molecule has 1 aliphatic heterocycles. The second-order valence-electron chi connectivity index (χ2n) is 6.37. The first-order valence-electron chi connectivity index (χ1n) is 8.15. The van der Waals surface area contributed by atoms with Crippen molar-refractivity contribution < 1.29 is 9.18 Å². The number of benzene rings is 1. The molecule has 0 spiro atoms. The van der Waals surface area contributed by atoms with E-state index in [0.29, 0.717) is 6.42 Å². The van der Waals surface area contributed by atoms with Crippen molar-refractivity contribution in [2.45, 2.75) is 25.3 Å². The molecule has 6 heteroatoms. The Hall–Kier alpha value is -2.63. The van der Waals surface area contributed by atoms with Crippen LogP contribution in [-0.2, 0) is 18.3 Å². The normalized spacial score (nSPS) is 17.8. The van der Waals surface area contributed by atoms with Gasteiger partial charge in [-0.05, 0) is 36.6 Å². The molecule has 3 heterocycles. The average Bonchev–Trinajstić information content (AvgIpc) is 3.26. The monoisotopic (exact) mass is 326 g/mol. The van der Waals surface area contributed by atoms with Crippen molar-refractivity contribution >= 4 is 16.8 Å². The molecule has 1 N–H and O–H groups in total. The molecule has 1 fully saturated rings. The van der Waals surface area contributed by atoms with Gasteiger partial charge in [0.25, 0.3) is 0 Å². The van der Waals surface area contributed by atoms with Crippen LogP contribution < -0.4 is 0 Å². The van der Waals surface area contributed by atoms with Crippen LogP contribution in [0.1, 0.15) is 30.0 Å². The Bertz CT molecular complexity index is 897. The van der Waals surface area contributed by atoms with Gasteiger partial charge >= 0.3 is 0 Å². The van der Waals surface area contributed by atoms with Crippen LogP contribution in [-0.4, -0.2) is 32.1 Å². The number of amides is 1. The SMILES string of the molecule is Cn1cc([C@@H]2CCCN2C(=O)Cc2c[nH]c3cc(F)ccc23)cn1. The van der Waals surface area contributed by atoms with Crippen LogP contribution in [0.2, 0.25) is 0 Å². The fourth-order valence-electron chi connectivity index (χ4n) is 3.59. The zero-order valence-electron chi connectivity index (χ0n) is 13.5. The molecule has 24 heavy (non-hydrogen) atoms. The third-order valence-electron chi connectivity index (χ3n) is 4.75. The largest absolute Gasteiger partial charge is 0.361 e. The van der Waals surface area contributed by atoms with Crippen LogP contribution in [0.4, 0.5) is 4.39 Å². The molecule has 0 saturated carbocycles. The van der Waals surface area contributed by atoms with Crippen LogP contribution in [0, 0.1) is 5.82 Å². The van der Waals surface area contributed by atoms with E-state index in [1.165, 1.54) is 12.1 Å².